The van der Waals surface area contributed by atoms with Gasteiger partial charge in [0.2, 0.25) is 0 Å². The lowest BCUT2D eigenvalue weighted by Gasteiger charge is -2.32. The van der Waals surface area contributed by atoms with Gasteiger partial charge in [-0.15, -0.1) is 24.0 Å². The SMILES string of the molecule is CN=C(NCC1CCN(CC(F)(F)F)C1)N1CCC(N2CCOCC2)C1.I. The molecule has 10 heteroatoms. The minimum absolute atomic E-state index is 0. The fourth-order valence-electron chi connectivity index (χ4n) is 4.22. The molecule has 0 aromatic rings. The molecule has 3 aliphatic heterocycles. The molecule has 0 spiro atoms. The van der Waals surface area contributed by atoms with Gasteiger partial charge in [-0.3, -0.25) is 14.8 Å². The van der Waals surface area contributed by atoms with Crippen molar-refractivity contribution < 1.29 is 17.9 Å². The maximum atomic E-state index is 12.5. The summed E-state index contributed by atoms with van der Waals surface area (Å²) in [5.41, 5.74) is 0. The van der Waals surface area contributed by atoms with Crippen molar-refractivity contribution in [2.24, 2.45) is 10.9 Å². The first-order chi connectivity index (χ1) is 12.4. The van der Waals surface area contributed by atoms with E-state index in [1.807, 2.05) is 0 Å². The first-order valence-electron chi connectivity index (χ1n) is 9.51. The van der Waals surface area contributed by atoms with Gasteiger partial charge in [0.15, 0.2) is 5.96 Å². The van der Waals surface area contributed by atoms with Crippen LogP contribution in [0.3, 0.4) is 0 Å². The summed E-state index contributed by atoms with van der Waals surface area (Å²) in [6.07, 6.45) is -2.19. The number of morpholine rings is 1. The number of aliphatic imine (C=N–C) groups is 1. The van der Waals surface area contributed by atoms with Crippen LogP contribution in [0.4, 0.5) is 13.2 Å². The maximum absolute atomic E-state index is 12.5. The molecule has 2 unspecified atom stereocenters. The minimum Gasteiger partial charge on any atom is -0.379 e. The Morgan fingerprint density at radius 3 is 2.52 bits per heavy atom. The van der Waals surface area contributed by atoms with Crippen molar-refractivity contribution >= 4 is 29.9 Å². The van der Waals surface area contributed by atoms with Crippen LogP contribution in [-0.4, -0.2) is 105 Å². The molecule has 3 fully saturated rings. The minimum atomic E-state index is -4.11. The largest absolute Gasteiger partial charge is 0.401 e. The third-order valence-corrected chi connectivity index (χ3v) is 5.56. The molecule has 3 rings (SSSR count). The molecule has 158 valence electrons. The van der Waals surface area contributed by atoms with E-state index >= 15 is 0 Å². The number of nitrogens with zero attached hydrogens (tertiary/aromatic N) is 4. The Hall–Kier alpha value is -0.330. The molecule has 2 atom stereocenters. The Morgan fingerprint density at radius 1 is 1.11 bits per heavy atom. The second-order valence-electron chi connectivity index (χ2n) is 7.47. The van der Waals surface area contributed by atoms with Crippen molar-refractivity contribution in [1.82, 2.24) is 20.0 Å². The van der Waals surface area contributed by atoms with E-state index in [0.717, 1.165) is 58.2 Å². The number of rotatable bonds is 4. The van der Waals surface area contributed by atoms with E-state index in [0.29, 0.717) is 25.7 Å². The highest BCUT2D eigenvalue weighted by atomic mass is 127. The van der Waals surface area contributed by atoms with Crippen LogP contribution in [0, 0.1) is 5.92 Å². The summed E-state index contributed by atoms with van der Waals surface area (Å²) in [5.74, 6) is 1.11. The van der Waals surface area contributed by atoms with Crippen LogP contribution in [-0.2, 0) is 4.74 Å². The summed E-state index contributed by atoms with van der Waals surface area (Å²) < 4.78 is 42.9. The van der Waals surface area contributed by atoms with Crippen LogP contribution in [0.15, 0.2) is 4.99 Å². The topological polar surface area (TPSA) is 43.3 Å². The lowest BCUT2D eigenvalue weighted by atomic mass is 10.1. The van der Waals surface area contributed by atoms with Crippen LogP contribution in [0.5, 0.6) is 0 Å². The van der Waals surface area contributed by atoms with Gasteiger partial charge in [0.1, 0.15) is 0 Å². The molecule has 3 heterocycles. The van der Waals surface area contributed by atoms with Gasteiger partial charge >= 0.3 is 6.18 Å². The van der Waals surface area contributed by atoms with Gasteiger partial charge in [0, 0.05) is 52.4 Å². The molecule has 0 amide bonds. The Bertz CT molecular complexity index is 488. The molecular weight excluding hydrogens is 474 g/mol. The quantitative estimate of drug-likeness (QED) is 0.357. The van der Waals surface area contributed by atoms with Gasteiger partial charge in [-0.2, -0.15) is 13.2 Å². The number of guanidine groups is 1. The predicted molar refractivity (Wildman–Crippen MR) is 110 cm³/mol. The van der Waals surface area contributed by atoms with Crippen molar-refractivity contribution in [2.75, 3.05) is 72.6 Å². The van der Waals surface area contributed by atoms with Gasteiger partial charge in [-0.25, -0.2) is 0 Å². The van der Waals surface area contributed by atoms with E-state index in [1.165, 1.54) is 4.90 Å². The van der Waals surface area contributed by atoms with Crippen LogP contribution >= 0.6 is 24.0 Å². The van der Waals surface area contributed by atoms with Gasteiger partial charge in [-0.1, -0.05) is 0 Å². The van der Waals surface area contributed by atoms with Crippen molar-refractivity contribution in [3.05, 3.63) is 0 Å². The van der Waals surface area contributed by atoms with Crippen LogP contribution in [0.2, 0.25) is 0 Å². The standard InChI is InChI=1S/C17H30F3N5O.HI/c1-21-16(22-10-14-2-4-23(11-14)13-17(18,19)20)25-5-3-15(12-25)24-6-8-26-9-7-24;/h14-15H,2-13H2,1H3,(H,21,22);1H. The highest BCUT2D eigenvalue weighted by Crippen LogP contribution is 2.22. The van der Waals surface area contributed by atoms with E-state index < -0.39 is 12.7 Å². The molecule has 3 saturated heterocycles. The molecule has 3 aliphatic rings. The molecule has 27 heavy (non-hydrogen) atoms. The van der Waals surface area contributed by atoms with Crippen molar-refractivity contribution in [3.8, 4) is 0 Å². The molecule has 0 aliphatic carbocycles. The molecule has 0 bridgehead atoms. The normalized spacial score (nSPS) is 28.4. The molecule has 0 aromatic heterocycles. The first kappa shape index (κ1) is 23.0. The Morgan fingerprint density at radius 2 is 1.85 bits per heavy atom. The lowest BCUT2D eigenvalue weighted by Crippen LogP contribution is -2.47. The molecule has 0 radical (unpaired) electrons. The monoisotopic (exact) mass is 505 g/mol. The fourth-order valence-corrected chi connectivity index (χ4v) is 4.22. The summed E-state index contributed by atoms with van der Waals surface area (Å²) in [4.78, 5) is 10.6. The van der Waals surface area contributed by atoms with E-state index in [4.69, 9.17) is 4.74 Å². The van der Waals surface area contributed by atoms with Gasteiger partial charge in [-0.05, 0) is 25.3 Å². The molecule has 0 aromatic carbocycles. The summed E-state index contributed by atoms with van der Waals surface area (Å²) in [6.45, 7) is 6.40. The number of likely N-dealkylation sites (tertiary alicyclic amines) is 2. The highest BCUT2D eigenvalue weighted by Gasteiger charge is 2.35. The smallest absolute Gasteiger partial charge is 0.379 e. The van der Waals surface area contributed by atoms with E-state index in [1.54, 1.807) is 7.05 Å². The zero-order valence-corrected chi connectivity index (χ0v) is 18.2. The molecule has 1 N–H and O–H groups in total. The first-order valence-corrected chi connectivity index (χ1v) is 9.51. The zero-order chi connectivity index (χ0) is 18.6. The zero-order valence-electron chi connectivity index (χ0n) is 15.9. The summed E-state index contributed by atoms with van der Waals surface area (Å²) in [5, 5.41) is 3.38. The van der Waals surface area contributed by atoms with Gasteiger partial charge in [0.25, 0.3) is 0 Å². The third-order valence-electron chi connectivity index (χ3n) is 5.56. The Balaban J connectivity index is 0.00000261. The number of nitrogens with one attached hydrogen (secondary N) is 1. The lowest BCUT2D eigenvalue weighted by molar-refractivity contribution is -0.143. The summed E-state index contributed by atoms with van der Waals surface area (Å²) in [6, 6.07) is 0.534. The fraction of sp³-hybridized carbons (Fsp3) is 0.941. The molecule has 0 saturated carbocycles. The average Bonchev–Trinajstić information content (AvgIpc) is 3.25. The summed E-state index contributed by atoms with van der Waals surface area (Å²) in [7, 11) is 1.77. The number of alkyl halides is 3. The van der Waals surface area contributed by atoms with Crippen molar-refractivity contribution in [3.63, 3.8) is 0 Å². The number of ether oxygens (including phenoxy) is 1. The van der Waals surface area contributed by atoms with Crippen LogP contribution in [0.25, 0.3) is 0 Å². The van der Waals surface area contributed by atoms with Gasteiger partial charge in [0.05, 0.1) is 19.8 Å². The van der Waals surface area contributed by atoms with Crippen LogP contribution < -0.4 is 5.32 Å². The highest BCUT2D eigenvalue weighted by molar-refractivity contribution is 14.0. The number of halogens is 4. The Labute approximate surface area is 176 Å². The molecular formula is C17H31F3IN5O. The second kappa shape index (κ2) is 10.4. The van der Waals surface area contributed by atoms with Crippen LogP contribution in [0.1, 0.15) is 12.8 Å². The number of hydrogen-bond acceptors (Lipinski definition) is 4. The number of hydrogen-bond donors (Lipinski definition) is 1. The van der Waals surface area contributed by atoms with Gasteiger partial charge < -0.3 is 15.0 Å². The predicted octanol–water partition coefficient (Wildman–Crippen LogP) is 1.47. The maximum Gasteiger partial charge on any atom is 0.401 e. The van der Waals surface area contributed by atoms with Crippen molar-refractivity contribution in [2.45, 2.75) is 25.1 Å². The van der Waals surface area contributed by atoms with E-state index in [9.17, 15) is 13.2 Å². The van der Waals surface area contributed by atoms with Crippen molar-refractivity contribution in [1.29, 1.82) is 0 Å². The van der Waals surface area contributed by atoms with E-state index in [2.05, 4.69) is 20.1 Å². The average molecular weight is 505 g/mol. The molecule has 6 nitrogen and oxygen atoms in total. The Kier molecular flexibility index (Phi) is 8.88. The second-order valence-corrected chi connectivity index (χ2v) is 7.47. The summed E-state index contributed by atoms with van der Waals surface area (Å²) >= 11 is 0. The van der Waals surface area contributed by atoms with E-state index in [-0.39, 0.29) is 29.9 Å². The third kappa shape index (κ3) is 6.90.